The van der Waals surface area contributed by atoms with Gasteiger partial charge in [-0.05, 0) is 30.9 Å². The summed E-state index contributed by atoms with van der Waals surface area (Å²) in [4.78, 5) is 0. The predicted molar refractivity (Wildman–Crippen MR) is 52.4 cm³/mol. The Hall–Kier alpha value is -1.22. The number of benzene rings is 1. The van der Waals surface area contributed by atoms with Gasteiger partial charge in [0.1, 0.15) is 5.75 Å². The molecule has 0 fully saturated rings. The van der Waals surface area contributed by atoms with Gasteiger partial charge in [-0.15, -0.1) is 0 Å². The quantitative estimate of drug-likeness (QED) is 0.414. The lowest BCUT2D eigenvalue weighted by molar-refractivity contribution is 0.457. The predicted octanol–water partition coefficient (Wildman–Crippen LogP) is 1.31. The van der Waals surface area contributed by atoms with Gasteiger partial charge >= 0.3 is 0 Å². The van der Waals surface area contributed by atoms with E-state index >= 15 is 0 Å². The van der Waals surface area contributed by atoms with Gasteiger partial charge in [0.25, 0.3) is 0 Å². The van der Waals surface area contributed by atoms with Crippen molar-refractivity contribution < 1.29 is 5.11 Å². The molecule has 0 aliphatic heterocycles. The van der Waals surface area contributed by atoms with E-state index in [1.807, 2.05) is 6.07 Å². The zero-order valence-corrected chi connectivity index (χ0v) is 7.46. The number of rotatable bonds is 0. The fourth-order valence-corrected chi connectivity index (χ4v) is 1.93. The Morgan fingerprint density at radius 1 is 1.38 bits per heavy atom. The summed E-state index contributed by atoms with van der Waals surface area (Å²) in [6.45, 7) is 0. The number of phenolic OH excluding ortho intramolecular Hbond substituents is 1. The minimum Gasteiger partial charge on any atom is -0.505 e. The van der Waals surface area contributed by atoms with E-state index < -0.39 is 0 Å². The molecular weight excluding hydrogens is 164 g/mol. The van der Waals surface area contributed by atoms with Gasteiger partial charge in [0.15, 0.2) is 0 Å². The maximum atomic E-state index is 9.68. The second-order valence-corrected chi connectivity index (χ2v) is 3.57. The monoisotopic (exact) mass is 178 g/mol. The van der Waals surface area contributed by atoms with Crippen molar-refractivity contribution in [1.82, 2.24) is 0 Å². The molecule has 0 heterocycles. The standard InChI is InChI=1S/C10H14N2O/c11-8-3-1-2-7-6(8)4-5-9(12)10(7)13/h4-5,8,13H,1-3,11-12H2/t8-/m1/s1. The van der Waals surface area contributed by atoms with E-state index in [0.717, 1.165) is 30.4 Å². The van der Waals surface area contributed by atoms with Gasteiger partial charge in [-0.25, -0.2) is 0 Å². The van der Waals surface area contributed by atoms with Crippen molar-refractivity contribution >= 4 is 5.69 Å². The SMILES string of the molecule is Nc1ccc2c(c1O)CCC[C@H]2N. The molecule has 1 aliphatic rings. The Bertz CT molecular complexity index is 336. The molecule has 1 aliphatic carbocycles. The molecule has 3 nitrogen and oxygen atoms in total. The summed E-state index contributed by atoms with van der Waals surface area (Å²) >= 11 is 0. The summed E-state index contributed by atoms with van der Waals surface area (Å²) in [5.74, 6) is 0.229. The largest absolute Gasteiger partial charge is 0.505 e. The summed E-state index contributed by atoms with van der Waals surface area (Å²) < 4.78 is 0. The molecule has 1 aromatic carbocycles. The molecular formula is C10H14N2O. The first kappa shape index (κ1) is 8.38. The van der Waals surface area contributed by atoms with Crippen LogP contribution in [0.5, 0.6) is 5.75 Å². The molecule has 0 saturated carbocycles. The van der Waals surface area contributed by atoms with E-state index in [1.54, 1.807) is 6.07 Å². The second kappa shape index (κ2) is 2.92. The summed E-state index contributed by atoms with van der Waals surface area (Å²) in [6.07, 6.45) is 2.92. The minimum atomic E-state index is 0.0650. The number of nitrogen functional groups attached to an aromatic ring is 1. The van der Waals surface area contributed by atoms with Gasteiger partial charge in [-0.2, -0.15) is 0 Å². The van der Waals surface area contributed by atoms with Crippen LogP contribution in [0.15, 0.2) is 12.1 Å². The Balaban J connectivity index is 2.56. The fraction of sp³-hybridized carbons (Fsp3) is 0.400. The summed E-state index contributed by atoms with van der Waals surface area (Å²) in [7, 11) is 0. The molecule has 0 bridgehead atoms. The van der Waals surface area contributed by atoms with Gasteiger partial charge < -0.3 is 16.6 Å². The van der Waals surface area contributed by atoms with Crippen LogP contribution in [0.2, 0.25) is 0 Å². The number of aromatic hydroxyl groups is 1. The zero-order valence-electron chi connectivity index (χ0n) is 7.46. The smallest absolute Gasteiger partial charge is 0.141 e. The summed E-state index contributed by atoms with van der Waals surface area (Å²) in [5, 5.41) is 9.68. The van der Waals surface area contributed by atoms with Crippen molar-refractivity contribution in [2.24, 2.45) is 5.73 Å². The van der Waals surface area contributed by atoms with Crippen molar-refractivity contribution in [2.45, 2.75) is 25.3 Å². The third kappa shape index (κ3) is 1.25. The molecule has 3 heteroatoms. The Kier molecular flexibility index (Phi) is 1.88. The topological polar surface area (TPSA) is 72.3 Å². The van der Waals surface area contributed by atoms with Crippen LogP contribution in [0.1, 0.15) is 30.0 Å². The molecule has 2 rings (SSSR count). The van der Waals surface area contributed by atoms with Crippen LogP contribution < -0.4 is 11.5 Å². The third-order valence-corrected chi connectivity index (χ3v) is 2.69. The van der Waals surface area contributed by atoms with Crippen LogP contribution in [0.25, 0.3) is 0 Å². The first-order valence-corrected chi connectivity index (χ1v) is 4.56. The van der Waals surface area contributed by atoms with E-state index in [0.29, 0.717) is 5.69 Å². The third-order valence-electron chi connectivity index (χ3n) is 2.69. The maximum absolute atomic E-state index is 9.68. The summed E-state index contributed by atoms with van der Waals surface area (Å²) in [6, 6.07) is 3.71. The Morgan fingerprint density at radius 3 is 2.92 bits per heavy atom. The lowest BCUT2D eigenvalue weighted by atomic mass is 9.87. The van der Waals surface area contributed by atoms with Crippen LogP contribution in [-0.4, -0.2) is 5.11 Å². The average Bonchev–Trinajstić information content (AvgIpc) is 2.12. The molecule has 0 radical (unpaired) electrons. The lowest BCUT2D eigenvalue weighted by Gasteiger charge is -2.23. The molecule has 13 heavy (non-hydrogen) atoms. The highest BCUT2D eigenvalue weighted by Crippen LogP contribution is 2.36. The maximum Gasteiger partial charge on any atom is 0.141 e. The molecule has 0 spiro atoms. The van der Waals surface area contributed by atoms with E-state index in [2.05, 4.69) is 0 Å². The first-order chi connectivity index (χ1) is 6.20. The van der Waals surface area contributed by atoms with Gasteiger partial charge in [0.05, 0.1) is 5.69 Å². The molecule has 0 saturated heterocycles. The number of phenols is 1. The van der Waals surface area contributed by atoms with Gasteiger partial charge in [-0.1, -0.05) is 6.07 Å². The van der Waals surface area contributed by atoms with Crippen LogP contribution in [-0.2, 0) is 6.42 Å². The van der Waals surface area contributed by atoms with E-state index in [1.165, 1.54) is 0 Å². The van der Waals surface area contributed by atoms with Gasteiger partial charge in [0, 0.05) is 11.6 Å². The normalized spacial score (nSPS) is 21.2. The van der Waals surface area contributed by atoms with Crippen molar-refractivity contribution in [3.05, 3.63) is 23.3 Å². The highest BCUT2D eigenvalue weighted by molar-refractivity contribution is 5.59. The number of nitrogens with two attached hydrogens (primary N) is 2. The molecule has 0 unspecified atom stereocenters. The Morgan fingerprint density at radius 2 is 2.15 bits per heavy atom. The summed E-state index contributed by atoms with van der Waals surface area (Å²) in [5.41, 5.74) is 14.0. The number of hydrogen-bond acceptors (Lipinski definition) is 3. The molecule has 5 N–H and O–H groups in total. The average molecular weight is 178 g/mol. The number of anilines is 1. The second-order valence-electron chi connectivity index (χ2n) is 3.57. The van der Waals surface area contributed by atoms with E-state index in [-0.39, 0.29) is 11.8 Å². The number of fused-ring (bicyclic) bond motifs is 1. The zero-order chi connectivity index (χ0) is 9.42. The minimum absolute atomic E-state index is 0.0650. The molecule has 70 valence electrons. The van der Waals surface area contributed by atoms with Crippen LogP contribution in [0.4, 0.5) is 5.69 Å². The molecule has 1 aromatic rings. The van der Waals surface area contributed by atoms with Crippen LogP contribution in [0.3, 0.4) is 0 Å². The van der Waals surface area contributed by atoms with E-state index in [9.17, 15) is 5.11 Å². The molecule has 0 aromatic heterocycles. The number of hydrogen-bond donors (Lipinski definition) is 3. The highest BCUT2D eigenvalue weighted by atomic mass is 16.3. The first-order valence-electron chi connectivity index (χ1n) is 4.56. The van der Waals surface area contributed by atoms with Crippen molar-refractivity contribution in [1.29, 1.82) is 0 Å². The Labute approximate surface area is 77.4 Å². The molecule has 0 amide bonds. The van der Waals surface area contributed by atoms with Crippen molar-refractivity contribution in [3.63, 3.8) is 0 Å². The van der Waals surface area contributed by atoms with Crippen molar-refractivity contribution in [2.75, 3.05) is 5.73 Å². The molecule has 1 atom stereocenters. The van der Waals surface area contributed by atoms with Crippen LogP contribution in [0, 0.1) is 0 Å². The van der Waals surface area contributed by atoms with Gasteiger partial charge in [-0.3, -0.25) is 0 Å². The van der Waals surface area contributed by atoms with Crippen molar-refractivity contribution in [3.8, 4) is 5.75 Å². The van der Waals surface area contributed by atoms with Gasteiger partial charge in [0.2, 0.25) is 0 Å². The lowest BCUT2D eigenvalue weighted by Crippen LogP contribution is -2.17. The van der Waals surface area contributed by atoms with Crippen LogP contribution >= 0.6 is 0 Å². The highest BCUT2D eigenvalue weighted by Gasteiger charge is 2.20. The fourth-order valence-electron chi connectivity index (χ4n) is 1.93. The van der Waals surface area contributed by atoms with E-state index in [4.69, 9.17) is 11.5 Å².